The van der Waals surface area contributed by atoms with E-state index < -0.39 is 11.7 Å². The number of anilines is 2. The maximum absolute atomic E-state index is 12.6. The zero-order valence-corrected chi connectivity index (χ0v) is 11.7. The summed E-state index contributed by atoms with van der Waals surface area (Å²) >= 11 is 5.83. The lowest BCUT2D eigenvalue weighted by atomic mass is 10.2. The van der Waals surface area contributed by atoms with Crippen LogP contribution in [0.25, 0.3) is 0 Å². The highest BCUT2D eigenvalue weighted by atomic mass is 35.5. The molecule has 0 radical (unpaired) electrons. The Morgan fingerprint density at radius 2 is 2.00 bits per heavy atom. The molecule has 0 atom stereocenters. The first-order chi connectivity index (χ1) is 9.88. The van der Waals surface area contributed by atoms with Gasteiger partial charge in [0.05, 0.1) is 17.9 Å². The van der Waals surface area contributed by atoms with Crippen LogP contribution in [0, 0.1) is 0 Å². The summed E-state index contributed by atoms with van der Waals surface area (Å²) in [7, 11) is 1.50. The normalized spacial score (nSPS) is 11.5. The SMILES string of the molecule is COCc1cc(Cl)nc(Nc2cccc(C(F)(F)F)c2)n1. The summed E-state index contributed by atoms with van der Waals surface area (Å²) in [6, 6.07) is 6.25. The van der Waals surface area contributed by atoms with Crippen molar-refractivity contribution >= 4 is 23.2 Å². The van der Waals surface area contributed by atoms with Crippen LogP contribution in [-0.2, 0) is 17.5 Å². The Bertz CT molecular complexity index is 634. The van der Waals surface area contributed by atoms with Crippen LogP contribution >= 0.6 is 11.6 Å². The second kappa shape index (κ2) is 6.28. The van der Waals surface area contributed by atoms with E-state index >= 15 is 0 Å². The summed E-state index contributed by atoms with van der Waals surface area (Å²) in [6.07, 6.45) is -4.41. The molecule has 0 bridgehead atoms. The molecule has 4 nitrogen and oxygen atoms in total. The molecule has 1 aromatic carbocycles. The molecule has 0 aliphatic heterocycles. The number of ether oxygens (including phenoxy) is 1. The average molecular weight is 318 g/mol. The Balaban J connectivity index is 2.26. The number of hydrogen-bond acceptors (Lipinski definition) is 4. The highest BCUT2D eigenvalue weighted by Gasteiger charge is 2.30. The topological polar surface area (TPSA) is 47.0 Å². The first-order valence-corrected chi connectivity index (χ1v) is 6.23. The molecule has 21 heavy (non-hydrogen) atoms. The molecule has 0 saturated heterocycles. The molecule has 0 aliphatic rings. The van der Waals surface area contributed by atoms with Crippen molar-refractivity contribution in [2.75, 3.05) is 12.4 Å². The lowest BCUT2D eigenvalue weighted by Crippen LogP contribution is -2.06. The minimum absolute atomic E-state index is 0.105. The lowest BCUT2D eigenvalue weighted by molar-refractivity contribution is -0.137. The predicted molar refractivity (Wildman–Crippen MR) is 72.5 cm³/mol. The van der Waals surface area contributed by atoms with Crippen molar-refractivity contribution in [2.45, 2.75) is 12.8 Å². The number of alkyl halides is 3. The van der Waals surface area contributed by atoms with E-state index in [0.29, 0.717) is 5.69 Å². The van der Waals surface area contributed by atoms with Crippen molar-refractivity contribution in [3.8, 4) is 0 Å². The molecule has 1 aromatic heterocycles. The van der Waals surface area contributed by atoms with Gasteiger partial charge >= 0.3 is 6.18 Å². The fourth-order valence-corrected chi connectivity index (χ4v) is 1.85. The van der Waals surface area contributed by atoms with Gasteiger partial charge in [0.15, 0.2) is 0 Å². The van der Waals surface area contributed by atoms with Gasteiger partial charge in [0.1, 0.15) is 5.15 Å². The fraction of sp³-hybridized carbons (Fsp3) is 0.231. The summed E-state index contributed by atoms with van der Waals surface area (Å²) in [5, 5.41) is 2.87. The summed E-state index contributed by atoms with van der Waals surface area (Å²) in [5.74, 6) is 0.105. The molecule has 2 aromatic rings. The standard InChI is InChI=1S/C13H11ClF3N3O/c1-21-7-10-6-11(14)20-12(19-10)18-9-4-2-3-8(5-9)13(15,16)17/h2-6H,7H2,1H3,(H,18,19,20). The van der Waals surface area contributed by atoms with Crippen LogP contribution in [0.5, 0.6) is 0 Å². The van der Waals surface area contributed by atoms with Gasteiger partial charge in [0.25, 0.3) is 0 Å². The zero-order valence-electron chi connectivity index (χ0n) is 10.9. The molecular formula is C13H11ClF3N3O. The van der Waals surface area contributed by atoms with Gasteiger partial charge in [-0.05, 0) is 24.3 Å². The van der Waals surface area contributed by atoms with E-state index in [1.54, 1.807) is 0 Å². The van der Waals surface area contributed by atoms with Gasteiger partial charge in [0, 0.05) is 12.8 Å². The van der Waals surface area contributed by atoms with E-state index in [2.05, 4.69) is 15.3 Å². The van der Waals surface area contributed by atoms with Gasteiger partial charge in [-0.3, -0.25) is 0 Å². The molecule has 1 N–H and O–H groups in total. The van der Waals surface area contributed by atoms with Gasteiger partial charge in [-0.2, -0.15) is 13.2 Å². The van der Waals surface area contributed by atoms with Crippen LogP contribution in [0.2, 0.25) is 5.15 Å². The first kappa shape index (κ1) is 15.5. The number of nitrogens with zero attached hydrogens (tertiary/aromatic N) is 2. The predicted octanol–water partition coefficient (Wildman–Crippen LogP) is 4.04. The van der Waals surface area contributed by atoms with E-state index in [1.165, 1.54) is 25.3 Å². The van der Waals surface area contributed by atoms with Crippen LogP contribution in [0.3, 0.4) is 0 Å². The molecule has 0 aliphatic carbocycles. The van der Waals surface area contributed by atoms with Crippen LogP contribution in [0.15, 0.2) is 30.3 Å². The van der Waals surface area contributed by atoms with Crippen molar-refractivity contribution in [3.05, 3.63) is 46.7 Å². The number of aromatic nitrogens is 2. The number of hydrogen-bond donors (Lipinski definition) is 1. The first-order valence-electron chi connectivity index (χ1n) is 5.85. The molecule has 8 heteroatoms. The van der Waals surface area contributed by atoms with Crippen LogP contribution < -0.4 is 5.32 Å². The van der Waals surface area contributed by atoms with Gasteiger partial charge in [-0.1, -0.05) is 17.7 Å². The Kier molecular flexibility index (Phi) is 4.64. The molecule has 0 fully saturated rings. The van der Waals surface area contributed by atoms with Gasteiger partial charge in [-0.25, -0.2) is 9.97 Å². The number of methoxy groups -OCH3 is 1. The molecule has 0 amide bonds. The maximum Gasteiger partial charge on any atom is 0.416 e. The van der Waals surface area contributed by atoms with Gasteiger partial charge < -0.3 is 10.1 Å². The Morgan fingerprint density at radius 1 is 1.24 bits per heavy atom. The average Bonchev–Trinajstić information content (AvgIpc) is 2.37. The smallest absolute Gasteiger partial charge is 0.378 e. The quantitative estimate of drug-likeness (QED) is 0.865. The van der Waals surface area contributed by atoms with E-state index in [0.717, 1.165) is 12.1 Å². The van der Waals surface area contributed by atoms with Crippen molar-refractivity contribution < 1.29 is 17.9 Å². The molecule has 1 heterocycles. The van der Waals surface area contributed by atoms with E-state index in [9.17, 15) is 13.2 Å². The minimum atomic E-state index is -4.41. The summed E-state index contributed by atoms with van der Waals surface area (Å²) < 4.78 is 42.8. The van der Waals surface area contributed by atoms with E-state index in [-0.39, 0.29) is 23.4 Å². The van der Waals surface area contributed by atoms with Crippen molar-refractivity contribution in [3.63, 3.8) is 0 Å². The van der Waals surface area contributed by atoms with Crippen molar-refractivity contribution in [2.24, 2.45) is 0 Å². The highest BCUT2D eigenvalue weighted by molar-refractivity contribution is 6.29. The largest absolute Gasteiger partial charge is 0.416 e. The number of halogens is 4. The third-order valence-corrected chi connectivity index (χ3v) is 2.68. The van der Waals surface area contributed by atoms with Gasteiger partial charge in [-0.15, -0.1) is 0 Å². The Labute approximate surface area is 123 Å². The monoisotopic (exact) mass is 317 g/mol. The van der Waals surface area contributed by atoms with Gasteiger partial charge in [0.2, 0.25) is 5.95 Å². The zero-order chi connectivity index (χ0) is 15.5. The second-order valence-electron chi connectivity index (χ2n) is 4.14. The third kappa shape index (κ3) is 4.30. The number of benzene rings is 1. The van der Waals surface area contributed by atoms with E-state index in [4.69, 9.17) is 16.3 Å². The van der Waals surface area contributed by atoms with Crippen LogP contribution in [-0.4, -0.2) is 17.1 Å². The minimum Gasteiger partial charge on any atom is -0.378 e. The Morgan fingerprint density at radius 3 is 2.67 bits per heavy atom. The number of rotatable bonds is 4. The molecule has 0 spiro atoms. The van der Waals surface area contributed by atoms with E-state index in [1.807, 2.05) is 0 Å². The molecule has 0 saturated carbocycles. The molecular weight excluding hydrogens is 307 g/mol. The maximum atomic E-state index is 12.6. The lowest BCUT2D eigenvalue weighted by Gasteiger charge is -2.10. The summed E-state index contributed by atoms with van der Waals surface area (Å²) in [5.41, 5.74) is -0.0194. The summed E-state index contributed by atoms with van der Waals surface area (Å²) in [6.45, 7) is 0.222. The van der Waals surface area contributed by atoms with Crippen molar-refractivity contribution in [1.29, 1.82) is 0 Å². The molecule has 112 valence electrons. The Hall–Kier alpha value is -1.86. The van der Waals surface area contributed by atoms with Crippen LogP contribution in [0.4, 0.5) is 24.8 Å². The van der Waals surface area contributed by atoms with Crippen molar-refractivity contribution in [1.82, 2.24) is 9.97 Å². The molecule has 2 rings (SSSR count). The number of nitrogens with one attached hydrogen (secondary N) is 1. The fourth-order valence-electron chi connectivity index (χ4n) is 1.64. The van der Waals surface area contributed by atoms with Crippen LogP contribution in [0.1, 0.15) is 11.3 Å². The molecule has 0 unspecified atom stereocenters. The summed E-state index contributed by atoms with van der Waals surface area (Å²) in [4.78, 5) is 8.01. The second-order valence-corrected chi connectivity index (χ2v) is 4.53. The third-order valence-electron chi connectivity index (χ3n) is 2.49. The highest BCUT2D eigenvalue weighted by Crippen LogP contribution is 2.31.